The molecular formula is C41H52F2O5S. The average Bonchev–Trinajstić information content (AvgIpc) is 3.07. The summed E-state index contributed by atoms with van der Waals surface area (Å²) in [6.45, 7) is 6.84. The van der Waals surface area contributed by atoms with Gasteiger partial charge in [0.1, 0.15) is 23.8 Å². The lowest BCUT2D eigenvalue weighted by molar-refractivity contribution is -0.129. The molecule has 0 saturated heterocycles. The Labute approximate surface area is 291 Å². The summed E-state index contributed by atoms with van der Waals surface area (Å²) >= 11 is 0. The Balaban J connectivity index is 1.25. The van der Waals surface area contributed by atoms with Crippen molar-refractivity contribution in [1.82, 2.24) is 0 Å². The second kappa shape index (κ2) is 15.8. The summed E-state index contributed by atoms with van der Waals surface area (Å²) < 4.78 is 68.9. The SMILES string of the molecule is Cc1ccccc1OCC(COCC(=O)C1CCC(c2cccc(F)c2)(C2CCC(C)CC2)CC1)CS(=O)(=O)c1ccccc1C(C)(C)F. The molecule has 5 nitrogen and oxygen atoms in total. The van der Waals surface area contributed by atoms with Crippen molar-refractivity contribution in [3.05, 3.63) is 95.3 Å². The summed E-state index contributed by atoms with van der Waals surface area (Å²) in [7, 11) is -3.93. The van der Waals surface area contributed by atoms with Crippen LogP contribution in [0.25, 0.3) is 0 Å². The minimum Gasteiger partial charge on any atom is -0.493 e. The van der Waals surface area contributed by atoms with E-state index in [1.807, 2.05) is 31.2 Å². The zero-order chi connectivity index (χ0) is 35.2. The van der Waals surface area contributed by atoms with Gasteiger partial charge in [0, 0.05) is 17.4 Å². The fourth-order valence-corrected chi connectivity index (χ4v) is 10.1. The Kier molecular flexibility index (Phi) is 12.0. The van der Waals surface area contributed by atoms with Crippen LogP contribution in [0.5, 0.6) is 5.75 Å². The van der Waals surface area contributed by atoms with Gasteiger partial charge in [-0.15, -0.1) is 0 Å². The largest absolute Gasteiger partial charge is 0.493 e. The fraction of sp³-hybridized carbons (Fsp3) is 0.537. The van der Waals surface area contributed by atoms with E-state index in [-0.39, 0.29) is 59.0 Å². The van der Waals surface area contributed by atoms with Crippen LogP contribution < -0.4 is 4.74 Å². The molecule has 0 amide bonds. The van der Waals surface area contributed by atoms with Gasteiger partial charge in [0.25, 0.3) is 0 Å². The standard InChI is InChI=1S/C41H52F2O5S/c1-29-16-18-33(19-17-29)41(34-11-9-12-35(42)24-34)22-20-32(21-23-41)37(44)27-47-25-31(26-48-38-14-7-5-10-30(38)2)28-49(45,46)39-15-8-6-13-36(39)40(3,4)43/h5-15,24,29,31-33H,16-23,25-28H2,1-4H3. The Morgan fingerprint density at radius 1 is 0.918 bits per heavy atom. The van der Waals surface area contributed by atoms with Crippen molar-refractivity contribution in [2.75, 3.05) is 25.6 Å². The molecule has 1 unspecified atom stereocenters. The molecule has 2 aliphatic carbocycles. The molecule has 0 spiro atoms. The Hall–Kier alpha value is -3.10. The molecule has 2 saturated carbocycles. The molecule has 3 aromatic rings. The van der Waals surface area contributed by atoms with Crippen LogP contribution in [-0.2, 0) is 30.5 Å². The monoisotopic (exact) mass is 694 g/mol. The quantitative estimate of drug-likeness (QED) is 0.168. The average molecular weight is 695 g/mol. The number of benzene rings is 3. The first-order chi connectivity index (χ1) is 23.3. The molecule has 0 aromatic heterocycles. The van der Waals surface area contributed by atoms with E-state index in [0.717, 1.165) is 49.7 Å². The van der Waals surface area contributed by atoms with Crippen LogP contribution in [0.4, 0.5) is 8.78 Å². The highest BCUT2D eigenvalue weighted by molar-refractivity contribution is 7.91. The van der Waals surface area contributed by atoms with E-state index >= 15 is 4.39 Å². The van der Waals surface area contributed by atoms with Crippen molar-refractivity contribution in [3.8, 4) is 5.75 Å². The van der Waals surface area contributed by atoms with Gasteiger partial charge in [-0.05, 0) is 112 Å². The van der Waals surface area contributed by atoms with Gasteiger partial charge in [0.2, 0.25) is 0 Å². The number of rotatable bonds is 14. The second-order valence-corrected chi connectivity index (χ2v) is 17.1. The van der Waals surface area contributed by atoms with Gasteiger partial charge in [-0.25, -0.2) is 17.2 Å². The fourth-order valence-electron chi connectivity index (χ4n) is 8.14. The first-order valence-corrected chi connectivity index (χ1v) is 19.5. The van der Waals surface area contributed by atoms with Gasteiger partial charge in [-0.2, -0.15) is 0 Å². The number of carbonyl (C=O) groups is 1. The van der Waals surface area contributed by atoms with E-state index in [4.69, 9.17) is 9.47 Å². The molecule has 8 heteroatoms. The Morgan fingerprint density at radius 3 is 2.27 bits per heavy atom. The zero-order valence-corrected chi connectivity index (χ0v) is 30.2. The lowest BCUT2D eigenvalue weighted by Gasteiger charge is -2.48. The van der Waals surface area contributed by atoms with E-state index in [0.29, 0.717) is 17.6 Å². The molecule has 1 atom stereocenters. The van der Waals surface area contributed by atoms with Crippen LogP contribution in [-0.4, -0.2) is 39.8 Å². The molecule has 3 aromatic carbocycles. The highest BCUT2D eigenvalue weighted by Crippen LogP contribution is 2.52. The molecule has 2 aliphatic rings. The first kappa shape index (κ1) is 37.2. The van der Waals surface area contributed by atoms with Crippen LogP contribution in [0.1, 0.15) is 88.8 Å². The van der Waals surface area contributed by atoms with Crippen LogP contribution >= 0.6 is 0 Å². The lowest BCUT2D eigenvalue weighted by atomic mass is 9.56. The third-order valence-electron chi connectivity index (χ3n) is 11.0. The Morgan fingerprint density at radius 2 is 1.59 bits per heavy atom. The van der Waals surface area contributed by atoms with E-state index in [2.05, 4.69) is 13.0 Å². The number of hydrogen-bond acceptors (Lipinski definition) is 5. The van der Waals surface area contributed by atoms with Crippen LogP contribution in [0.3, 0.4) is 0 Å². The predicted molar refractivity (Wildman–Crippen MR) is 190 cm³/mol. The van der Waals surface area contributed by atoms with Gasteiger partial charge in [-0.1, -0.05) is 68.3 Å². The van der Waals surface area contributed by atoms with Gasteiger partial charge < -0.3 is 9.47 Å². The van der Waals surface area contributed by atoms with E-state index in [1.165, 1.54) is 44.9 Å². The number of ether oxygens (including phenoxy) is 2. The molecule has 49 heavy (non-hydrogen) atoms. The summed E-state index contributed by atoms with van der Waals surface area (Å²) in [5, 5.41) is 0. The van der Waals surface area contributed by atoms with E-state index in [9.17, 15) is 17.6 Å². The summed E-state index contributed by atoms with van der Waals surface area (Å²) in [4.78, 5) is 13.5. The smallest absolute Gasteiger partial charge is 0.179 e. The normalized spacial score (nSPS) is 23.9. The number of carbonyl (C=O) groups excluding carboxylic acids is 1. The zero-order valence-electron chi connectivity index (χ0n) is 29.4. The number of ketones is 1. The van der Waals surface area contributed by atoms with Gasteiger partial charge in [-0.3, -0.25) is 4.79 Å². The maximum Gasteiger partial charge on any atom is 0.179 e. The van der Waals surface area contributed by atoms with E-state index in [1.54, 1.807) is 24.3 Å². The minimum atomic E-state index is -3.93. The number of hydrogen-bond donors (Lipinski definition) is 0. The second-order valence-electron chi connectivity index (χ2n) is 15.1. The van der Waals surface area contributed by atoms with Gasteiger partial charge >= 0.3 is 0 Å². The topological polar surface area (TPSA) is 69.7 Å². The predicted octanol–water partition coefficient (Wildman–Crippen LogP) is 9.35. The molecule has 0 aliphatic heterocycles. The summed E-state index contributed by atoms with van der Waals surface area (Å²) in [6.07, 6.45) is 7.72. The third-order valence-corrected chi connectivity index (χ3v) is 13.0. The van der Waals surface area contributed by atoms with Crippen molar-refractivity contribution < 1.29 is 31.5 Å². The highest BCUT2D eigenvalue weighted by atomic mass is 32.2. The van der Waals surface area contributed by atoms with Gasteiger partial charge in [0.15, 0.2) is 15.6 Å². The molecule has 0 heterocycles. The summed E-state index contributed by atoms with van der Waals surface area (Å²) in [5.74, 6) is 0.539. The van der Waals surface area contributed by atoms with Crippen molar-refractivity contribution in [2.45, 2.75) is 95.0 Å². The maximum absolute atomic E-state index is 15.0. The highest BCUT2D eigenvalue weighted by Gasteiger charge is 2.45. The number of para-hydroxylation sites is 1. The van der Waals surface area contributed by atoms with Crippen molar-refractivity contribution >= 4 is 15.6 Å². The molecular weight excluding hydrogens is 643 g/mol. The third kappa shape index (κ3) is 9.18. The maximum atomic E-state index is 15.0. The number of alkyl halides is 1. The van der Waals surface area contributed by atoms with Crippen LogP contribution in [0.15, 0.2) is 77.7 Å². The van der Waals surface area contributed by atoms with Crippen molar-refractivity contribution in [3.63, 3.8) is 0 Å². The molecule has 5 rings (SSSR count). The van der Waals surface area contributed by atoms with Crippen LogP contribution in [0, 0.1) is 36.4 Å². The number of halogens is 2. The minimum absolute atomic E-state index is 0.00174. The molecule has 0 radical (unpaired) electrons. The Bertz CT molecular complexity index is 1660. The van der Waals surface area contributed by atoms with Gasteiger partial charge in [0.05, 0.1) is 23.9 Å². The molecule has 2 fully saturated rings. The van der Waals surface area contributed by atoms with E-state index < -0.39 is 21.4 Å². The molecule has 0 N–H and O–H groups in total. The number of Topliss-reactive ketones (excluding diaryl/α,β-unsaturated/α-hetero) is 1. The van der Waals surface area contributed by atoms with Crippen LogP contribution in [0.2, 0.25) is 0 Å². The lowest BCUT2D eigenvalue weighted by Crippen LogP contribution is -2.42. The molecule has 266 valence electrons. The summed E-state index contributed by atoms with van der Waals surface area (Å²) in [6, 6.07) is 20.7. The molecule has 0 bridgehead atoms. The first-order valence-electron chi connectivity index (χ1n) is 17.8. The number of aryl methyl sites for hydroxylation is 1. The van der Waals surface area contributed by atoms with Crippen molar-refractivity contribution in [2.24, 2.45) is 23.7 Å². The number of sulfone groups is 1. The summed E-state index contributed by atoms with van der Waals surface area (Å²) in [5.41, 5.74) is 0.112. The van der Waals surface area contributed by atoms with Crippen molar-refractivity contribution in [1.29, 1.82) is 0 Å².